The first-order valence-corrected chi connectivity index (χ1v) is 11.5. The number of aryl methyl sites for hydroxylation is 1. The molecule has 1 heterocycles. The molecule has 0 bridgehead atoms. The molecular weight excluding hydrogens is 417 g/mol. The Morgan fingerprint density at radius 3 is 2.76 bits per heavy atom. The van der Waals surface area contributed by atoms with Crippen LogP contribution in [0.2, 0.25) is 0 Å². The van der Waals surface area contributed by atoms with Crippen molar-refractivity contribution in [2.24, 2.45) is 11.1 Å². The first kappa shape index (κ1) is 21.6. The Morgan fingerprint density at radius 2 is 2.03 bits per heavy atom. The van der Waals surface area contributed by atoms with Gasteiger partial charge in [0.1, 0.15) is 5.82 Å². The molecule has 0 spiro atoms. The van der Waals surface area contributed by atoms with Crippen molar-refractivity contribution < 1.29 is 14.3 Å². The molecular formula is C27H28FN3O2. The zero-order valence-corrected chi connectivity index (χ0v) is 18.7. The first-order chi connectivity index (χ1) is 15.9. The van der Waals surface area contributed by atoms with Crippen LogP contribution in [0, 0.1) is 11.2 Å². The van der Waals surface area contributed by atoms with Crippen LogP contribution in [0.1, 0.15) is 59.8 Å². The number of hydrogen-bond donors (Lipinski definition) is 2. The number of nitrogens with zero attached hydrogens (tertiary/aromatic N) is 2. The van der Waals surface area contributed by atoms with Crippen LogP contribution < -0.4 is 5.73 Å². The molecule has 3 N–H and O–H groups in total. The normalized spacial score (nSPS) is 23.7. The minimum atomic E-state index is -0.927. The van der Waals surface area contributed by atoms with Crippen LogP contribution in [0.25, 0.3) is 11.8 Å². The highest BCUT2D eigenvalue weighted by Gasteiger charge is 2.56. The number of hydrogen-bond acceptors (Lipinski definition) is 3. The highest BCUT2D eigenvalue weighted by Crippen LogP contribution is 2.59. The maximum absolute atomic E-state index is 13.7. The third-order valence-electron chi connectivity index (χ3n) is 7.75. The van der Waals surface area contributed by atoms with Crippen molar-refractivity contribution in [3.05, 3.63) is 88.5 Å². The van der Waals surface area contributed by atoms with Gasteiger partial charge in [-0.3, -0.25) is 4.79 Å². The van der Waals surface area contributed by atoms with E-state index in [1.54, 1.807) is 6.07 Å². The van der Waals surface area contributed by atoms with E-state index in [4.69, 9.17) is 5.73 Å². The lowest BCUT2D eigenvalue weighted by Crippen LogP contribution is -2.47. The van der Waals surface area contributed by atoms with Crippen molar-refractivity contribution in [3.63, 3.8) is 0 Å². The van der Waals surface area contributed by atoms with E-state index in [1.165, 1.54) is 17.7 Å². The van der Waals surface area contributed by atoms with E-state index < -0.39 is 17.3 Å². The molecule has 3 aromatic rings. The number of amides is 1. The Bertz CT molecular complexity index is 1250. The van der Waals surface area contributed by atoms with Crippen LogP contribution in [0.4, 0.5) is 4.39 Å². The fourth-order valence-electron chi connectivity index (χ4n) is 5.94. The van der Waals surface area contributed by atoms with Gasteiger partial charge in [0.2, 0.25) is 5.91 Å². The monoisotopic (exact) mass is 445 g/mol. The lowest BCUT2D eigenvalue weighted by atomic mass is 9.63. The van der Waals surface area contributed by atoms with Crippen LogP contribution in [0.5, 0.6) is 0 Å². The number of carbonyl (C=O) groups is 1. The van der Waals surface area contributed by atoms with Gasteiger partial charge in [-0.15, -0.1) is 0 Å². The lowest BCUT2D eigenvalue weighted by molar-refractivity contribution is -0.0569. The van der Waals surface area contributed by atoms with Crippen molar-refractivity contribution in [1.29, 1.82) is 0 Å². The van der Waals surface area contributed by atoms with Gasteiger partial charge in [-0.1, -0.05) is 36.8 Å². The summed E-state index contributed by atoms with van der Waals surface area (Å²) in [6.45, 7) is 2.13. The van der Waals surface area contributed by atoms with Crippen molar-refractivity contribution in [2.45, 2.75) is 51.0 Å². The molecule has 1 unspecified atom stereocenters. The topological polar surface area (TPSA) is 81.1 Å². The Morgan fingerprint density at radius 1 is 1.24 bits per heavy atom. The summed E-state index contributed by atoms with van der Waals surface area (Å²) in [7, 11) is 0. The molecule has 2 aliphatic carbocycles. The molecule has 2 aliphatic rings. The minimum absolute atomic E-state index is 0.188. The predicted octanol–water partition coefficient (Wildman–Crippen LogP) is 4.60. The molecule has 2 aromatic carbocycles. The van der Waals surface area contributed by atoms with E-state index in [-0.39, 0.29) is 11.0 Å². The van der Waals surface area contributed by atoms with Crippen LogP contribution in [0.3, 0.4) is 0 Å². The zero-order valence-electron chi connectivity index (χ0n) is 18.7. The number of primary amides is 1. The van der Waals surface area contributed by atoms with Gasteiger partial charge in [-0.25, -0.2) is 9.07 Å². The molecule has 170 valence electrons. The Hall–Kier alpha value is -3.25. The number of fused-ring (bicyclic) bond motifs is 2. The van der Waals surface area contributed by atoms with E-state index in [2.05, 4.69) is 18.1 Å². The first-order valence-electron chi connectivity index (χ1n) is 11.5. The molecule has 0 saturated heterocycles. The summed E-state index contributed by atoms with van der Waals surface area (Å²) in [5.41, 5.74) is 9.52. The van der Waals surface area contributed by atoms with Gasteiger partial charge in [-0.2, -0.15) is 5.10 Å². The molecule has 33 heavy (non-hydrogen) atoms. The van der Waals surface area contributed by atoms with Gasteiger partial charge in [0, 0.05) is 11.0 Å². The number of halogens is 1. The number of nitrogens with two attached hydrogens (primary N) is 1. The summed E-state index contributed by atoms with van der Waals surface area (Å²) in [6.07, 6.45) is 8.06. The van der Waals surface area contributed by atoms with Crippen molar-refractivity contribution in [2.75, 3.05) is 0 Å². The number of rotatable bonds is 6. The van der Waals surface area contributed by atoms with Crippen LogP contribution in [0.15, 0.2) is 60.3 Å². The van der Waals surface area contributed by atoms with Gasteiger partial charge in [-0.05, 0) is 80.0 Å². The highest BCUT2D eigenvalue weighted by molar-refractivity contribution is 5.94. The van der Waals surface area contributed by atoms with E-state index in [9.17, 15) is 14.3 Å². The summed E-state index contributed by atoms with van der Waals surface area (Å²) < 4.78 is 15.6. The van der Waals surface area contributed by atoms with E-state index in [0.29, 0.717) is 24.8 Å². The van der Waals surface area contributed by atoms with Crippen LogP contribution >= 0.6 is 0 Å². The average Bonchev–Trinajstić information content (AvgIpc) is 3.36. The third kappa shape index (κ3) is 3.40. The summed E-state index contributed by atoms with van der Waals surface area (Å²) >= 11 is 0. The molecule has 2 atom stereocenters. The number of benzene rings is 2. The smallest absolute Gasteiger partial charge is 0.249 e. The molecule has 0 aliphatic heterocycles. The third-order valence-corrected chi connectivity index (χ3v) is 7.75. The van der Waals surface area contributed by atoms with Crippen molar-refractivity contribution in [3.8, 4) is 5.69 Å². The Labute approximate surface area is 192 Å². The second kappa shape index (κ2) is 7.96. The summed E-state index contributed by atoms with van der Waals surface area (Å²) in [4.78, 5) is 11.8. The molecule has 5 nitrogen and oxygen atoms in total. The predicted molar refractivity (Wildman–Crippen MR) is 125 cm³/mol. The van der Waals surface area contributed by atoms with Gasteiger partial charge in [0.15, 0.2) is 0 Å². The fraction of sp³-hybridized carbons (Fsp3) is 0.333. The molecule has 1 saturated carbocycles. The highest BCUT2D eigenvalue weighted by atomic mass is 19.1. The second-order valence-corrected chi connectivity index (χ2v) is 9.28. The number of aromatic nitrogens is 2. The molecule has 0 radical (unpaired) electrons. The summed E-state index contributed by atoms with van der Waals surface area (Å²) in [5, 5.41) is 16.6. The Kier molecular flexibility index (Phi) is 5.20. The molecule has 1 amide bonds. The molecule has 1 aromatic heterocycles. The van der Waals surface area contributed by atoms with Crippen LogP contribution in [-0.4, -0.2) is 26.4 Å². The van der Waals surface area contributed by atoms with E-state index >= 15 is 0 Å². The van der Waals surface area contributed by atoms with Gasteiger partial charge in [0.05, 0.1) is 23.2 Å². The fourth-order valence-corrected chi connectivity index (χ4v) is 5.94. The number of aliphatic hydroxyl groups is 1. The number of carbonyl (C=O) groups excluding carboxylic acids is 1. The maximum Gasteiger partial charge on any atom is 0.249 e. The van der Waals surface area contributed by atoms with Gasteiger partial charge < -0.3 is 10.8 Å². The Balaban J connectivity index is 1.47. The van der Waals surface area contributed by atoms with E-state index in [1.807, 2.05) is 41.2 Å². The largest absolute Gasteiger partial charge is 0.389 e. The quantitative estimate of drug-likeness (QED) is 0.582. The summed E-state index contributed by atoms with van der Waals surface area (Å²) in [6, 6.07) is 14.2. The van der Waals surface area contributed by atoms with Gasteiger partial charge in [0.25, 0.3) is 0 Å². The average molecular weight is 446 g/mol. The SMILES string of the molecule is CCC12Cc3cnn(-c4ccccc4)c3C=C1CC[C@@]2(O)CCc1ccc(F)cc1C(N)=O. The van der Waals surface area contributed by atoms with Gasteiger partial charge >= 0.3 is 0 Å². The zero-order chi connectivity index (χ0) is 23.2. The summed E-state index contributed by atoms with van der Waals surface area (Å²) in [5.74, 6) is -1.14. The van der Waals surface area contributed by atoms with Crippen molar-refractivity contribution in [1.82, 2.24) is 9.78 Å². The molecule has 6 heteroatoms. The van der Waals surface area contributed by atoms with E-state index in [0.717, 1.165) is 36.2 Å². The standard InChI is InChI=1S/C27H28FN3O2/c1-2-26-16-19-17-30-31(22-6-4-3-5-7-22)24(19)14-20(26)11-13-27(26,33)12-10-18-8-9-21(28)15-23(18)25(29)32/h3-9,14-15,17,33H,2,10-13,16H2,1H3,(H2,29,32)/t26?,27-/m0/s1. The second-order valence-electron chi connectivity index (χ2n) is 9.28. The number of para-hydroxylation sites is 1. The molecule has 1 fully saturated rings. The lowest BCUT2D eigenvalue weighted by Gasteiger charge is -2.45. The van der Waals surface area contributed by atoms with Crippen LogP contribution in [-0.2, 0) is 12.8 Å². The minimum Gasteiger partial charge on any atom is -0.389 e. The maximum atomic E-state index is 13.7. The van der Waals surface area contributed by atoms with Crippen molar-refractivity contribution >= 4 is 12.0 Å². The molecule has 5 rings (SSSR count).